The van der Waals surface area contributed by atoms with E-state index < -0.39 is 0 Å². The summed E-state index contributed by atoms with van der Waals surface area (Å²) in [6.07, 6.45) is 0. The Bertz CT molecular complexity index is 480. The molecule has 0 aliphatic rings. The van der Waals surface area contributed by atoms with Crippen LogP contribution in [0.4, 0.5) is 0 Å². The molecule has 2 aromatic rings. The summed E-state index contributed by atoms with van der Waals surface area (Å²) in [4.78, 5) is 1.09. The molecule has 0 saturated carbocycles. The Hall–Kier alpha value is -1.40. The molecule has 0 saturated heterocycles. The average molecular weight is 235 g/mol. The zero-order valence-electron chi connectivity index (χ0n) is 9.16. The summed E-state index contributed by atoms with van der Waals surface area (Å²) in [5, 5.41) is 12.1. The van der Waals surface area contributed by atoms with E-state index in [1.807, 2.05) is 38.2 Å². The van der Waals surface area contributed by atoms with Crippen LogP contribution in [0.15, 0.2) is 34.3 Å². The largest absolute Gasteiger partial charge is 0.324 e. The Kier molecular flexibility index (Phi) is 3.21. The van der Waals surface area contributed by atoms with Crippen LogP contribution in [-0.2, 0) is 7.05 Å². The van der Waals surface area contributed by atoms with Crippen LogP contribution in [0.5, 0.6) is 0 Å². The van der Waals surface area contributed by atoms with Crippen molar-refractivity contribution >= 4 is 11.8 Å². The van der Waals surface area contributed by atoms with Crippen LogP contribution in [0.1, 0.15) is 18.5 Å². The van der Waals surface area contributed by atoms with Gasteiger partial charge in [-0.05, 0) is 40.7 Å². The molecule has 84 valence electrons. The molecule has 1 heterocycles. The van der Waals surface area contributed by atoms with Crippen LogP contribution in [0.25, 0.3) is 0 Å². The van der Waals surface area contributed by atoms with E-state index in [0.717, 1.165) is 15.6 Å². The molecule has 2 N–H and O–H groups in total. The van der Waals surface area contributed by atoms with Gasteiger partial charge in [0.2, 0.25) is 5.16 Å². The van der Waals surface area contributed by atoms with E-state index in [9.17, 15) is 0 Å². The van der Waals surface area contributed by atoms with Gasteiger partial charge in [0.25, 0.3) is 0 Å². The molecular weight excluding hydrogens is 222 g/mol. The van der Waals surface area contributed by atoms with E-state index in [1.54, 1.807) is 4.68 Å². The van der Waals surface area contributed by atoms with E-state index in [2.05, 4.69) is 15.5 Å². The van der Waals surface area contributed by atoms with E-state index in [4.69, 9.17) is 5.73 Å². The lowest BCUT2D eigenvalue weighted by Crippen LogP contribution is -2.06. The fraction of sp³-hybridized carbons (Fsp3) is 0.300. The lowest BCUT2D eigenvalue weighted by molar-refractivity contribution is 0.664. The second-order valence-electron chi connectivity index (χ2n) is 3.51. The number of nitrogens with zero attached hydrogens (tertiary/aromatic N) is 4. The van der Waals surface area contributed by atoms with Crippen LogP contribution in [-0.4, -0.2) is 20.2 Å². The molecule has 0 bridgehead atoms. The highest BCUT2D eigenvalue weighted by molar-refractivity contribution is 7.99. The van der Waals surface area contributed by atoms with Gasteiger partial charge in [0.1, 0.15) is 0 Å². The van der Waals surface area contributed by atoms with Gasteiger partial charge in [0.15, 0.2) is 0 Å². The summed E-state index contributed by atoms with van der Waals surface area (Å²) < 4.78 is 1.64. The smallest absolute Gasteiger partial charge is 0.213 e. The molecule has 0 amide bonds. The number of benzene rings is 1. The number of hydrogen-bond acceptors (Lipinski definition) is 5. The Labute approximate surface area is 98.0 Å². The molecule has 0 aliphatic carbocycles. The SMILES string of the molecule is C[C@@H](N)c1ccccc1Sc1nnnn1C. The van der Waals surface area contributed by atoms with Crippen molar-refractivity contribution < 1.29 is 0 Å². The number of aryl methyl sites for hydroxylation is 1. The lowest BCUT2D eigenvalue weighted by atomic mass is 10.1. The number of aromatic nitrogens is 4. The molecule has 16 heavy (non-hydrogen) atoms. The zero-order valence-corrected chi connectivity index (χ0v) is 9.98. The second kappa shape index (κ2) is 4.63. The van der Waals surface area contributed by atoms with Crippen LogP contribution in [0, 0.1) is 0 Å². The maximum atomic E-state index is 5.91. The Morgan fingerprint density at radius 2 is 2.12 bits per heavy atom. The van der Waals surface area contributed by atoms with E-state index in [-0.39, 0.29) is 6.04 Å². The van der Waals surface area contributed by atoms with E-state index in [0.29, 0.717) is 0 Å². The highest BCUT2D eigenvalue weighted by Gasteiger charge is 2.10. The van der Waals surface area contributed by atoms with Crippen molar-refractivity contribution in [2.24, 2.45) is 12.8 Å². The zero-order chi connectivity index (χ0) is 11.5. The van der Waals surface area contributed by atoms with Crippen molar-refractivity contribution in [1.82, 2.24) is 20.2 Å². The van der Waals surface area contributed by atoms with Gasteiger partial charge in [0.05, 0.1) is 0 Å². The predicted molar refractivity (Wildman–Crippen MR) is 62.0 cm³/mol. The minimum absolute atomic E-state index is 0.00452. The van der Waals surface area contributed by atoms with Gasteiger partial charge in [-0.25, -0.2) is 4.68 Å². The first kappa shape index (κ1) is 11.1. The molecule has 1 atom stereocenters. The van der Waals surface area contributed by atoms with Gasteiger partial charge in [-0.2, -0.15) is 0 Å². The van der Waals surface area contributed by atoms with Crippen LogP contribution < -0.4 is 5.73 Å². The first-order valence-corrected chi connectivity index (χ1v) is 5.75. The molecule has 1 aromatic carbocycles. The third-order valence-electron chi connectivity index (χ3n) is 2.19. The molecule has 0 radical (unpaired) electrons. The van der Waals surface area contributed by atoms with Crippen molar-refractivity contribution in [2.45, 2.75) is 23.0 Å². The molecule has 1 aromatic heterocycles. The minimum atomic E-state index is 0.00452. The summed E-state index contributed by atoms with van der Waals surface area (Å²) in [6.45, 7) is 1.97. The summed E-state index contributed by atoms with van der Waals surface area (Å²) in [6, 6.07) is 8.02. The van der Waals surface area contributed by atoms with Gasteiger partial charge in [-0.1, -0.05) is 18.2 Å². The topological polar surface area (TPSA) is 69.6 Å². The molecule has 0 unspecified atom stereocenters. The van der Waals surface area contributed by atoms with Gasteiger partial charge in [0, 0.05) is 18.0 Å². The fourth-order valence-corrected chi connectivity index (χ4v) is 2.32. The Balaban J connectivity index is 2.31. The quantitative estimate of drug-likeness (QED) is 0.870. The van der Waals surface area contributed by atoms with Crippen molar-refractivity contribution in [3.63, 3.8) is 0 Å². The summed E-state index contributed by atoms with van der Waals surface area (Å²) in [5.41, 5.74) is 7.02. The van der Waals surface area contributed by atoms with E-state index in [1.165, 1.54) is 11.8 Å². The monoisotopic (exact) mass is 235 g/mol. The fourth-order valence-electron chi connectivity index (χ4n) is 1.36. The van der Waals surface area contributed by atoms with E-state index >= 15 is 0 Å². The first-order chi connectivity index (χ1) is 7.68. The highest BCUT2D eigenvalue weighted by atomic mass is 32.2. The Morgan fingerprint density at radius 3 is 2.75 bits per heavy atom. The van der Waals surface area contributed by atoms with Crippen molar-refractivity contribution in [3.05, 3.63) is 29.8 Å². The summed E-state index contributed by atoms with van der Waals surface area (Å²) in [7, 11) is 1.82. The maximum absolute atomic E-state index is 5.91. The van der Waals surface area contributed by atoms with Gasteiger partial charge in [-0.3, -0.25) is 0 Å². The predicted octanol–water partition coefficient (Wildman–Crippen LogP) is 1.38. The summed E-state index contributed by atoms with van der Waals surface area (Å²) >= 11 is 1.52. The van der Waals surface area contributed by atoms with Crippen molar-refractivity contribution in [3.8, 4) is 0 Å². The maximum Gasteiger partial charge on any atom is 0.213 e. The van der Waals surface area contributed by atoms with Gasteiger partial charge < -0.3 is 5.73 Å². The highest BCUT2D eigenvalue weighted by Crippen LogP contribution is 2.30. The molecule has 2 rings (SSSR count). The number of nitrogens with two attached hydrogens (primary N) is 1. The van der Waals surface area contributed by atoms with Crippen molar-refractivity contribution in [1.29, 1.82) is 0 Å². The number of tetrazole rings is 1. The molecule has 0 aliphatic heterocycles. The molecule has 0 fully saturated rings. The number of hydrogen-bond donors (Lipinski definition) is 1. The summed E-state index contributed by atoms with van der Waals surface area (Å²) in [5.74, 6) is 0. The van der Waals surface area contributed by atoms with Gasteiger partial charge >= 0.3 is 0 Å². The number of rotatable bonds is 3. The average Bonchev–Trinajstić information content (AvgIpc) is 2.65. The van der Waals surface area contributed by atoms with Crippen LogP contribution in [0.2, 0.25) is 0 Å². The lowest BCUT2D eigenvalue weighted by Gasteiger charge is -2.10. The second-order valence-corrected chi connectivity index (χ2v) is 4.52. The molecule has 0 spiro atoms. The van der Waals surface area contributed by atoms with Crippen molar-refractivity contribution in [2.75, 3.05) is 0 Å². The third-order valence-corrected chi connectivity index (χ3v) is 3.31. The minimum Gasteiger partial charge on any atom is -0.324 e. The molecule has 5 nitrogen and oxygen atoms in total. The van der Waals surface area contributed by atoms with Gasteiger partial charge in [-0.15, -0.1) is 5.10 Å². The Morgan fingerprint density at radius 1 is 1.38 bits per heavy atom. The third kappa shape index (κ3) is 2.23. The first-order valence-electron chi connectivity index (χ1n) is 4.93. The molecule has 6 heteroatoms. The normalized spacial score (nSPS) is 12.7. The van der Waals surface area contributed by atoms with Crippen LogP contribution >= 0.6 is 11.8 Å². The van der Waals surface area contributed by atoms with Crippen LogP contribution in [0.3, 0.4) is 0 Å². The molecular formula is C10H13N5S. The standard InChI is InChI=1S/C10H13N5S/c1-7(11)8-5-3-4-6-9(8)16-10-12-13-14-15(10)2/h3-7H,11H2,1-2H3/t7-/m1/s1.